The van der Waals surface area contributed by atoms with Crippen molar-refractivity contribution in [2.24, 2.45) is 0 Å². The standard InChI is InChI=1S/C28H29N5O2/c1-4-24(34)32-14-8-9-20(16-32)33-19(3)25(26-27(29)30-17-31-28(26)33)23-13-12-22(15-18(23)2)35-21-10-6-5-7-11-21/h4-7,10-13,15,17,20H,1,8-9,14,16H2,2-3H3,(H2,29,30,31)/t20-/m0/s1. The van der Waals surface area contributed by atoms with Crippen molar-refractivity contribution >= 4 is 22.8 Å². The molecule has 0 radical (unpaired) electrons. The third kappa shape index (κ3) is 4.14. The maximum atomic E-state index is 12.3. The Morgan fingerprint density at radius 3 is 2.69 bits per heavy atom. The highest BCUT2D eigenvalue weighted by atomic mass is 16.5. The highest BCUT2D eigenvalue weighted by molar-refractivity contribution is 6.03. The van der Waals surface area contributed by atoms with Gasteiger partial charge < -0.3 is 19.9 Å². The van der Waals surface area contributed by atoms with Crippen LogP contribution >= 0.6 is 0 Å². The minimum atomic E-state index is -0.0389. The molecular formula is C28H29N5O2. The average Bonchev–Trinajstić information content (AvgIpc) is 3.17. The third-order valence-electron chi connectivity index (χ3n) is 6.75. The molecule has 1 amide bonds. The first-order valence-corrected chi connectivity index (χ1v) is 11.8. The number of amides is 1. The summed E-state index contributed by atoms with van der Waals surface area (Å²) in [7, 11) is 0. The lowest BCUT2D eigenvalue weighted by Crippen LogP contribution is -2.40. The van der Waals surface area contributed by atoms with Crippen LogP contribution in [0.15, 0.2) is 67.5 Å². The molecule has 2 aromatic carbocycles. The van der Waals surface area contributed by atoms with Crippen LogP contribution < -0.4 is 10.5 Å². The number of para-hydroxylation sites is 1. The Morgan fingerprint density at radius 1 is 1.14 bits per heavy atom. The molecule has 4 aromatic rings. The summed E-state index contributed by atoms with van der Waals surface area (Å²) >= 11 is 0. The van der Waals surface area contributed by atoms with Crippen LogP contribution in [0.25, 0.3) is 22.2 Å². The molecule has 178 valence electrons. The molecule has 0 unspecified atom stereocenters. The minimum absolute atomic E-state index is 0.0389. The number of fused-ring (bicyclic) bond motifs is 1. The van der Waals surface area contributed by atoms with E-state index in [0.717, 1.165) is 64.3 Å². The van der Waals surface area contributed by atoms with Crippen LogP contribution in [0.1, 0.15) is 30.1 Å². The Bertz CT molecular complexity index is 1410. The topological polar surface area (TPSA) is 86.3 Å². The summed E-state index contributed by atoms with van der Waals surface area (Å²) in [6, 6.07) is 15.9. The Kier molecular flexibility index (Phi) is 5.99. The molecule has 0 spiro atoms. The fraction of sp³-hybridized carbons (Fsp3) is 0.250. The van der Waals surface area contributed by atoms with Crippen LogP contribution in [0.4, 0.5) is 5.82 Å². The molecule has 1 aliphatic rings. The number of aromatic nitrogens is 3. The largest absolute Gasteiger partial charge is 0.457 e. The number of nitrogen functional groups attached to an aromatic ring is 1. The van der Waals surface area contributed by atoms with Gasteiger partial charge in [0.1, 0.15) is 29.3 Å². The van der Waals surface area contributed by atoms with E-state index in [1.165, 1.54) is 12.4 Å². The summed E-state index contributed by atoms with van der Waals surface area (Å²) in [4.78, 5) is 23.1. The Hall–Kier alpha value is -4.13. The van der Waals surface area contributed by atoms with E-state index in [0.29, 0.717) is 12.4 Å². The van der Waals surface area contributed by atoms with E-state index in [9.17, 15) is 4.79 Å². The summed E-state index contributed by atoms with van der Waals surface area (Å²) in [6.45, 7) is 9.17. The number of aryl methyl sites for hydroxylation is 1. The third-order valence-corrected chi connectivity index (χ3v) is 6.75. The highest BCUT2D eigenvalue weighted by Crippen LogP contribution is 2.41. The lowest BCUT2D eigenvalue weighted by atomic mass is 9.98. The van der Waals surface area contributed by atoms with Gasteiger partial charge in [0.05, 0.1) is 11.4 Å². The van der Waals surface area contributed by atoms with Gasteiger partial charge in [-0.2, -0.15) is 0 Å². The van der Waals surface area contributed by atoms with Crippen molar-refractivity contribution in [1.82, 2.24) is 19.4 Å². The maximum absolute atomic E-state index is 12.3. The molecule has 1 atom stereocenters. The van der Waals surface area contributed by atoms with Gasteiger partial charge in [-0.15, -0.1) is 0 Å². The molecule has 7 heteroatoms. The van der Waals surface area contributed by atoms with Gasteiger partial charge in [0.25, 0.3) is 0 Å². The molecule has 1 fully saturated rings. The quantitative estimate of drug-likeness (QED) is 0.395. The van der Waals surface area contributed by atoms with Crippen LogP contribution in [0, 0.1) is 13.8 Å². The van der Waals surface area contributed by atoms with Gasteiger partial charge in [-0.05, 0) is 68.2 Å². The molecule has 5 rings (SSSR count). The molecule has 35 heavy (non-hydrogen) atoms. The minimum Gasteiger partial charge on any atom is -0.457 e. The van der Waals surface area contributed by atoms with Gasteiger partial charge in [-0.1, -0.05) is 30.8 Å². The van der Waals surface area contributed by atoms with E-state index in [1.807, 2.05) is 47.4 Å². The number of piperidine rings is 1. The van der Waals surface area contributed by atoms with Crippen LogP contribution in [-0.4, -0.2) is 38.4 Å². The van der Waals surface area contributed by atoms with Crippen molar-refractivity contribution in [2.75, 3.05) is 18.8 Å². The van der Waals surface area contributed by atoms with E-state index in [2.05, 4.69) is 41.0 Å². The number of hydrogen-bond acceptors (Lipinski definition) is 5. The van der Waals surface area contributed by atoms with Gasteiger partial charge in [0.15, 0.2) is 0 Å². The number of ether oxygens (including phenoxy) is 1. The van der Waals surface area contributed by atoms with Crippen molar-refractivity contribution in [3.63, 3.8) is 0 Å². The number of likely N-dealkylation sites (tertiary alicyclic amines) is 1. The zero-order valence-electron chi connectivity index (χ0n) is 20.1. The van der Waals surface area contributed by atoms with Crippen LogP contribution in [0.5, 0.6) is 11.5 Å². The van der Waals surface area contributed by atoms with E-state index >= 15 is 0 Å². The summed E-state index contributed by atoms with van der Waals surface area (Å²) in [5.74, 6) is 1.98. The first-order chi connectivity index (χ1) is 17.0. The predicted molar refractivity (Wildman–Crippen MR) is 138 cm³/mol. The normalized spacial score (nSPS) is 15.8. The number of nitrogens with zero attached hydrogens (tertiary/aromatic N) is 4. The Labute approximate surface area is 204 Å². The lowest BCUT2D eigenvalue weighted by molar-refractivity contribution is -0.127. The number of anilines is 1. The molecule has 2 N–H and O–H groups in total. The molecular weight excluding hydrogens is 438 g/mol. The molecule has 2 aromatic heterocycles. The van der Waals surface area contributed by atoms with E-state index in [1.54, 1.807) is 0 Å². The summed E-state index contributed by atoms with van der Waals surface area (Å²) in [5.41, 5.74) is 11.4. The molecule has 3 heterocycles. The number of hydrogen-bond donors (Lipinski definition) is 1. The fourth-order valence-electron chi connectivity index (χ4n) is 5.15. The molecule has 0 aliphatic carbocycles. The van der Waals surface area contributed by atoms with E-state index < -0.39 is 0 Å². The van der Waals surface area contributed by atoms with Crippen molar-refractivity contribution < 1.29 is 9.53 Å². The highest BCUT2D eigenvalue weighted by Gasteiger charge is 2.29. The molecule has 1 saturated heterocycles. The number of carbonyl (C=O) groups excluding carboxylic acids is 1. The number of benzene rings is 2. The van der Waals surface area contributed by atoms with Crippen LogP contribution in [0.2, 0.25) is 0 Å². The zero-order chi connectivity index (χ0) is 24.5. The second kappa shape index (κ2) is 9.25. The van der Waals surface area contributed by atoms with Crippen molar-refractivity contribution in [2.45, 2.75) is 32.7 Å². The smallest absolute Gasteiger partial charge is 0.246 e. The van der Waals surface area contributed by atoms with Crippen molar-refractivity contribution in [3.8, 4) is 22.6 Å². The number of carbonyl (C=O) groups is 1. The number of nitrogens with two attached hydrogens (primary N) is 1. The SMILES string of the molecule is C=CC(=O)N1CCC[C@H](n2c(C)c(-c3ccc(Oc4ccccc4)cc3C)c3c(N)ncnc32)C1. The van der Waals surface area contributed by atoms with Crippen LogP contribution in [-0.2, 0) is 4.79 Å². The fourth-order valence-corrected chi connectivity index (χ4v) is 5.15. The predicted octanol–water partition coefficient (Wildman–Crippen LogP) is 5.44. The molecule has 7 nitrogen and oxygen atoms in total. The maximum Gasteiger partial charge on any atom is 0.246 e. The lowest BCUT2D eigenvalue weighted by Gasteiger charge is -2.34. The van der Waals surface area contributed by atoms with E-state index in [-0.39, 0.29) is 11.9 Å². The second-order valence-corrected chi connectivity index (χ2v) is 8.96. The Balaban J connectivity index is 1.59. The van der Waals surface area contributed by atoms with Gasteiger partial charge >= 0.3 is 0 Å². The van der Waals surface area contributed by atoms with E-state index in [4.69, 9.17) is 10.5 Å². The monoisotopic (exact) mass is 467 g/mol. The van der Waals surface area contributed by atoms with Crippen LogP contribution in [0.3, 0.4) is 0 Å². The summed E-state index contributed by atoms with van der Waals surface area (Å²) in [6.07, 6.45) is 4.77. The van der Waals surface area contributed by atoms with Gasteiger partial charge in [-0.25, -0.2) is 9.97 Å². The summed E-state index contributed by atoms with van der Waals surface area (Å²) < 4.78 is 8.27. The van der Waals surface area contributed by atoms with Crippen molar-refractivity contribution in [3.05, 3.63) is 78.8 Å². The molecule has 0 bridgehead atoms. The average molecular weight is 468 g/mol. The van der Waals surface area contributed by atoms with Crippen molar-refractivity contribution in [1.29, 1.82) is 0 Å². The molecule has 1 aliphatic heterocycles. The number of rotatable bonds is 5. The van der Waals surface area contributed by atoms with Gasteiger partial charge in [-0.3, -0.25) is 4.79 Å². The zero-order valence-corrected chi connectivity index (χ0v) is 20.1. The summed E-state index contributed by atoms with van der Waals surface area (Å²) in [5, 5.41) is 0.844. The van der Waals surface area contributed by atoms with Gasteiger partial charge in [0.2, 0.25) is 5.91 Å². The first-order valence-electron chi connectivity index (χ1n) is 11.8. The first kappa shape index (κ1) is 22.7. The molecule has 0 saturated carbocycles. The Morgan fingerprint density at radius 2 is 1.94 bits per heavy atom. The second-order valence-electron chi connectivity index (χ2n) is 8.96. The van der Waals surface area contributed by atoms with Gasteiger partial charge in [0, 0.05) is 24.3 Å².